The van der Waals surface area contributed by atoms with E-state index < -0.39 is 0 Å². The fourth-order valence-electron chi connectivity index (χ4n) is 2.03. The topological polar surface area (TPSA) is 12.0 Å². The van der Waals surface area contributed by atoms with Crippen molar-refractivity contribution in [2.75, 3.05) is 11.1 Å². The number of hydrogen-bond donors (Lipinski definition) is 1. The van der Waals surface area contributed by atoms with Crippen molar-refractivity contribution in [2.45, 2.75) is 38.5 Å². The molecule has 1 aliphatic heterocycles. The lowest BCUT2D eigenvalue weighted by Crippen LogP contribution is -2.25. The zero-order valence-electron chi connectivity index (χ0n) is 9.71. The fraction of sp³-hybridized carbons (Fsp3) is 0.538. The van der Waals surface area contributed by atoms with E-state index in [1.165, 1.54) is 29.0 Å². The van der Waals surface area contributed by atoms with Gasteiger partial charge in [-0.2, -0.15) is 11.8 Å². The van der Waals surface area contributed by atoms with Gasteiger partial charge in [0.25, 0.3) is 0 Å². The maximum atomic E-state index is 3.68. The van der Waals surface area contributed by atoms with E-state index in [2.05, 4.69) is 56.0 Å². The zero-order valence-corrected chi connectivity index (χ0v) is 10.5. The maximum absolute atomic E-state index is 3.68. The first-order valence-electron chi connectivity index (χ1n) is 5.63. The van der Waals surface area contributed by atoms with Crippen LogP contribution in [0.5, 0.6) is 0 Å². The van der Waals surface area contributed by atoms with Gasteiger partial charge in [0.05, 0.1) is 0 Å². The molecule has 1 aromatic carbocycles. The number of anilines is 1. The van der Waals surface area contributed by atoms with Gasteiger partial charge in [0, 0.05) is 17.0 Å². The van der Waals surface area contributed by atoms with E-state index in [4.69, 9.17) is 0 Å². The summed E-state index contributed by atoms with van der Waals surface area (Å²) in [6.45, 7) is 6.69. The molecule has 1 saturated heterocycles. The number of nitrogens with one attached hydrogen (secondary N) is 1. The minimum Gasteiger partial charge on any atom is -0.381 e. The summed E-state index contributed by atoms with van der Waals surface area (Å²) in [6.07, 6.45) is 1.29. The van der Waals surface area contributed by atoms with Crippen LogP contribution in [0.1, 0.15) is 24.5 Å². The van der Waals surface area contributed by atoms with Gasteiger partial charge in [-0.1, -0.05) is 19.1 Å². The molecular formula is C13H19NS. The van der Waals surface area contributed by atoms with E-state index in [-0.39, 0.29) is 0 Å². The van der Waals surface area contributed by atoms with Crippen LogP contribution in [0, 0.1) is 13.8 Å². The van der Waals surface area contributed by atoms with Gasteiger partial charge in [-0.3, -0.25) is 0 Å². The third-order valence-electron chi connectivity index (χ3n) is 3.32. The Bertz CT molecular complexity index is 348. The summed E-state index contributed by atoms with van der Waals surface area (Å²) < 4.78 is 0. The van der Waals surface area contributed by atoms with E-state index in [1.807, 2.05) is 0 Å². The van der Waals surface area contributed by atoms with Crippen molar-refractivity contribution in [3.8, 4) is 0 Å². The highest BCUT2D eigenvalue weighted by Crippen LogP contribution is 2.30. The summed E-state index contributed by atoms with van der Waals surface area (Å²) >= 11 is 2.07. The largest absolute Gasteiger partial charge is 0.381 e. The average Bonchev–Trinajstić information content (AvgIpc) is 2.60. The van der Waals surface area contributed by atoms with Crippen molar-refractivity contribution in [3.63, 3.8) is 0 Å². The van der Waals surface area contributed by atoms with Gasteiger partial charge >= 0.3 is 0 Å². The van der Waals surface area contributed by atoms with Crippen molar-refractivity contribution in [1.82, 2.24) is 0 Å². The second kappa shape index (κ2) is 4.48. The molecule has 15 heavy (non-hydrogen) atoms. The summed E-state index contributed by atoms with van der Waals surface area (Å²) in [5.74, 6) is 1.30. The van der Waals surface area contributed by atoms with E-state index >= 15 is 0 Å². The Labute approximate surface area is 96.7 Å². The third kappa shape index (κ3) is 2.31. The molecule has 1 fully saturated rings. The van der Waals surface area contributed by atoms with Crippen molar-refractivity contribution < 1.29 is 0 Å². The SMILES string of the molecule is Cc1cccc(NC2CCSC2C)c1C. The van der Waals surface area contributed by atoms with Gasteiger partial charge in [-0.15, -0.1) is 0 Å². The molecule has 82 valence electrons. The van der Waals surface area contributed by atoms with Crippen LogP contribution in [0.2, 0.25) is 0 Å². The first-order valence-corrected chi connectivity index (χ1v) is 6.67. The highest BCUT2D eigenvalue weighted by atomic mass is 32.2. The molecule has 2 rings (SSSR count). The van der Waals surface area contributed by atoms with Gasteiger partial charge in [-0.05, 0) is 43.2 Å². The lowest BCUT2D eigenvalue weighted by Gasteiger charge is -2.20. The van der Waals surface area contributed by atoms with E-state index in [9.17, 15) is 0 Å². The van der Waals surface area contributed by atoms with Gasteiger partial charge in [0.2, 0.25) is 0 Å². The molecule has 2 unspecified atom stereocenters. The smallest absolute Gasteiger partial charge is 0.0385 e. The highest BCUT2D eigenvalue weighted by molar-refractivity contribution is 8.00. The molecule has 0 aliphatic carbocycles. The molecule has 2 heteroatoms. The maximum Gasteiger partial charge on any atom is 0.0385 e. The molecule has 0 aromatic heterocycles. The average molecular weight is 221 g/mol. The first-order chi connectivity index (χ1) is 7.18. The predicted octanol–water partition coefficient (Wildman–Crippen LogP) is 3.61. The van der Waals surface area contributed by atoms with Crippen LogP contribution in [-0.4, -0.2) is 17.0 Å². The highest BCUT2D eigenvalue weighted by Gasteiger charge is 2.23. The Balaban J connectivity index is 2.13. The van der Waals surface area contributed by atoms with Crippen LogP contribution in [0.3, 0.4) is 0 Å². The summed E-state index contributed by atoms with van der Waals surface area (Å²) in [5, 5.41) is 4.42. The lowest BCUT2D eigenvalue weighted by atomic mass is 10.1. The molecular weight excluding hydrogens is 202 g/mol. The molecule has 2 atom stereocenters. The monoisotopic (exact) mass is 221 g/mol. The van der Waals surface area contributed by atoms with Crippen LogP contribution in [0.15, 0.2) is 18.2 Å². The van der Waals surface area contributed by atoms with Crippen LogP contribution < -0.4 is 5.32 Å². The van der Waals surface area contributed by atoms with E-state index in [0.29, 0.717) is 6.04 Å². The predicted molar refractivity (Wildman–Crippen MR) is 69.9 cm³/mol. The molecule has 1 aromatic rings. The van der Waals surface area contributed by atoms with Gasteiger partial charge in [0.1, 0.15) is 0 Å². The molecule has 1 heterocycles. The Morgan fingerprint density at radius 1 is 1.33 bits per heavy atom. The number of aryl methyl sites for hydroxylation is 1. The summed E-state index contributed by atoms with van der Waals surface area (Å²) in [4.78, 5) is 0. The third-order valence-corrected chi connectivity index (χ3v) is 4.65. The molecule has 0 saturated carbocycles. The number of rotatable bonds is 2. The van der Waals surface area contributed by atoms with Crippen LogP contribution >= 0.6 is 11.8 Å². The van der Waals surface area contributed by atoms with Crippen molar-refractivity contribution in [3.05, 3.63) is 29.3 Å². The summed E-state index contributed by atoms with van der Waals surface area (Å²) in [7, 11) is 0. The van der Waals surface area contributed by atoms with Crippen LogP contribution in [-0.2, 0) is 0 Å². The Hall–Kier alpha value is -0.630. The minimum absolute atomic E-state index is 0.649. The Morgan fingerprint density at radius 3 is 2.80 bits per heavy atom. The van der Waals surface area contributed by atoms with Gasteiger partial charge in [-0.25, -0.2) is 0 Å². The quantitative estimate of drug-likeness (QED) is 0.819. The Kier molecular flexibility index (Phi) is 3.25. The normalized spacial score (nSPS) is 25.5. The van der Waals surface area contributed by atoms with Crippen molar-refractivity contribution in [2.24, 2.45) is 0 Å². The van der Waals surface area contributed by atoms with Crippen molar-refractivity contribution >= 4 is 17.4 Å². The molecule has 1 aliphatic rings. The van der Waals surface area contributed by atoms with Crippen LogP contribution in [0.25, 0.3) is 0 Å². The van der Waals surface area contributed by atoms with E-state index in [0.717, 1.165) is 5.25 Å². The number of hydrogen-bond acceptors (Lipinski definition) is 2. The van der Waals surface area contributed by atoms with Crippen molar-refractivity contribution in [1.29, 1.82) is 0 Å². The second-order valence-corrected chi connectivity index (χ2v) is 5.85. The second-order valence-electron chi connectivity index (χ2n) is 4.36. The standard InChI is InChI=1S/C13H19NS/c1-9-5-4-6-12(10(9)2)14-13-7-8-15-11(13)3/h4-6,11,13-14H,7-8H2,1-3H3. The molecule has 1 N–H and O–H groups in total. The minimum atomic E-state index is 0.649. The van der Waals surface area contributed by atoms with E-state index in [1.54, 1.807) is 0 Å². The molecule has 0 spiro atoms. The molecule has 0 amide bonds. The van der Waals surface area contributed by atoms with Gasteiger partial charge < -0.3 is 5.32 Å². The fourth-order valence-corrected chi connectivity index (χ4v) is 3.23. The van der Waals surface area contributed by atoms with Crippen LogP contribution in [0.4, 0.5) is 5.69 Å². The molecule has 1 nitrogen and oxygen atoms in total. The Morgan fingerprint density at radius 2 is 2.13 bits per heavy atom. The number of benzene rings is 1. The van der Waals surface area contributed by atoms with Gasteiger partial charge in [0.15, 0.2) is 0 Å². The zero-order chi connectivity index (χ0) is 10.8. The first kappa shape index (κ1) is 10.9. The number of thioether (sulfide) groups is 1. The molecule has 0 radical (unpaired) electrons. The summed E-state index contributed by atoms with van der Waals surface area (Å²) in [5.41, 5.74) is 4.08. The lowest BCUT2D eigenvalue weighted by molar-refractivity contribution is 0.723. The molecule has 0 bridgehead atoms. The summed E-state index contributed by atoms with van der Waals surface area (Å²) in [6, 6.07) is 7.15.